The van der Waals surface area contributed by atoms with Gasteiger partial charge in [-0.25, -0.2) is 13.2 Å². The molecule has 0 bridgehead atoms. The van der Waals surface area contributed by atoms with Crippen molar-refractivity contribution >= 4 is 27.6 Å². The summed E-state index contributed by atoms with van der Waals surface area (Å²) in [6.45, 7) is 3.63. The number of anilines is 1. The molecule has 31 heavy (non-hydrogen) atoms. The van der Waals surface area contributed by atoms with Crippen molar-refractivity contribution in [1.29, 1.82) is 0 Å². The fourth-order valence-electron chi connectivity index (χ4n) is 3.64. The van der Waals surface area contributed by atoms with Crippen LogP contribution in [0.15, 0.2) is 53.4 Å². The molecule has 1 aliphatic rings. The summed E-state index contributed by atoms with van der Waals surface area (Å²) in [6, 6.07) is 13.4. The van der Waals surface area contributed by atoms with Gasteiger partial charge in [0.15, 0.2) is 6.61 Å². The first-order chi connectivity index (χ1) is 14.7. The Morgan fingerprint density at radius 3 is 2.52 bits per heavy atom. The predicted molar refractivity (Wildman–Crippen MR) is 119 cm³/mol. The average molecular weight is 445 g/mol. The summed E-state index contributed by atoms with van der Waals surface area (Å²) in [6.07, 6.45) is 2.64. The van der Waals surface area contributed by atoms with Gasteiger partial charge >= 0.3 is 5.97 Å². The minimum Gasteiger partial charge on any atom is -0.452 e. The molecular formula is C23H28N2O5S. The van der Waals surface area contributed by atoms with E-state index in [0.29, 0.717) is 17.8 Å². The monoisotopic (exact) mass is 444 g/mol. The van der Waals surface area contributed by atoms with E-state index in [-0.39, 0.29) is 22.4 Å². The third-order valence-corrected chi connectivity index (χ3v) is 7.63. The lowest BCUT2D eigenvalue weighted by Gasteiger charge is -2.32. The van der Waals surface area contributed by atoms with Gasteiger partial charge in [-0.15, -0.1) is 0 Å². The number of esters is 1. The number of carbonyl (C=O) groups is 2. The van der Waals surface area contributed by atoms with E-state index in [0.717, 1.165) is 19.3 Å². The lowest BCUT2D eigenvalue weighted by molar-refractivity contribution is -0.121. The van der Waals surface area contributed by atoms with Gasteiger partial charge in [-0.2, -0.15) is 4.31 Å². The molecule has 1 unspecified atom stereocenters. The van der Waals surface area contributed by atoms with Crippen LogP contribution in [0.4, 0.5) is 5.69 Å². The molecule has 7 nitrogen and oxygen atoms in total. The van der Waals surface area contributed by atoms with Gasteiger partial charge in [-0.1, -0.05) is 30.7 Å². The summed E-state index contributed by atoms with van der Waals surface area (Å²) in [5.74, 6) is -1.11. The zero-order valence-electron chi connectivity index (χ0n) is 18.1. The van der Waals surface area contributed by atoms with Gasteiger partial charge in [-0.05, 0) is 56.5 Å². The summed E-state index contributed by atoms with van der Waals surface area (Å²) in [4.78, 5) is 26.5. The zero-order valence-corrected chi connectivity index (χ0v) is 18.9. The quantitative estimate of drug-likeness (QED) is 0.638. The van der Waals surface area contributed by atoms with Crippen LogP contribution in [0.25, 0.3) is 0 Å². The molecule has 1 atom stereocenters. The van der Waals surface area contributed by atoms with Gasteiger partial charge in [0, 0.05) is 25.3 Å². The molecule has 1 saturated heterocycles. The molecule has 0 saturated carbocycles. The molecule has 166 valence electrons. The fraction of sp³-hybridized carbons (Fsp3) is 0.391. The van der Waals surface area contributed by atoms with Gasteiger partial charge in [0.25, 0.3) is 5.91 Å². The van der Waals surface area contributed by atoms with E-state index in [9.17, 15) is 18.0 Å². The summed E-state index contributed by atoms with van der Waals surface area (Å²) in [5, 5.41) is 0. The predicted octanol–water partition coefficient (Wildman–Crippen LogP) is 3.38. The van der Waals surface area contributed by atoms with Crippen molar-refractivity contribution in [1.82, 2.24) is 4.31 Å². The largest absolute Gasteiger partial charge is 0.452 e. The second-order valence-electron chi connectivity index (χ2n) is 7.80. The van der Waals surface area contributed by atoms with Crippen molar-refractivity contribution in [3.8, 4) is 0 Å². The first-order valence-electron chi connectivity index (χ1n) is 10.3. The highest BCUT2D eigenvalue weighted by atomic mass is 32.2. The molecule has 0 aliphatic carbocycles. The molecule has 1 fully saturated rings. The standard InChI is InChI=1S/C23H28N2O5S/c1-17-12-13-20(31(28,29)25-14-8-7-9-18(25)2)15-21(17)23(27)30-16-22(26)24(3)19-10-5-4-6-11-19/h4-6,10-13,15,18H,7-9,14,16H2,1-3H3. The van der Waals surface area contributed by atoms with Crippen LogP contribution >= 0.6 is 0 Å². The lowest BCUT2D eigenvalue weighted by Crippen LogP contribution is -2.42. The number of hydrogen-bond donors (Lipinski definition) is 0. The molecule has 1 aliphatic heterocycles. The minimum atomic E-state index is -3.71. The van der Waals surface area contributed by atoms with Gasteiger partial charge in [0.1, 0.15) is 0 Å². The summed E-state index contributed by atoms with van der Waals surface area (Å²) < 4.78 is 32.9. The van der Waals surface area contributed by atoms with E-state index in [1.54, 1.807) is 32.2 Å². The number of rotatable bonds is 6. The van der Waals surface area contributed by atoms with Crippen LogP contribution < -0.4 is 4.90 Å². The third kappa shape index (κ3) is 5.14. The number of nitrogens with zero attached hydrogens (tertiary/aromatic N) is 2. The van der Waals surface area contributed by atoms with Crippen LogP contribution in [0, 0.1) is 6.92 Å². The van der Waals surface area contributed by atoms with E-state index >= 15 is 0 Å². The SMILES string of the molecule is Cc1ccc(S(=O)(=O)N2CCCCC2C)cc1C(=O)OCC(=O)N(C)c1ccccc1. The Morgan fingerprint density at radius 1 is 1.13 bits per heavy atom. The van der Waals surface area contributed by atoms with Crippen LogP contribution in [0.2, 0.25) is 0 Å². The molecule has 0 spiro atoms. The molecule has 0 aromatic heterocycles. The van der Waals surface area contributed by atoms with Gasteiger partial charge in [0.05, 0.1) is 10.5 Å². The number of aryl methyl sites for hydroxylation is 1. The van der Waals surface area contributed by atoms with Crippen LogP contribution in [0.1, 0.15) is 42.1 Å². The maximum atomic E-state index is 13.1. The Labute approximate surface area is 183 Å². The van der Waals surface area contributed by atoms with E-state index in [1.807, 2.05) is 25.1 Å². The second kappa shape index (κ2) is 9.62. The van der Waals surface area contributed by atoms with Gasteiger partial charge in [0.2, 0.25) is 10.0 Å². The number of hydrogen-bond acceptors (Lipinski definition) is 5. The van der Waals surface area contributed by atoms with E-state index in [2.05, 4.69) is 0 Å². The number of likely N-dealkylation sites (N-methyl/N-ethyl adjacent to an activating group) is 1. The van der Waals surface area contributed by atoms with Crippen LogP contribution in [-0.2, 0) is 19.6 Å². The molecule has 3 rings (SSSR count). The Kier molecular flexibility index (Phi) is 7.12. The Balaban J connectivity index is 1.74. The van der Waals surface area contributed by atoms with E-state index in [4.69, 9.17) is 4.74 Å². The lowest BCUT2D eigenvalue weighted by atomic mass is 10.1. The highest BCUT2D eigenvalue weighted by Crippen LogP contribution is 2.26. The van der Waals surface area contributed by atoms with E-state index in [1.165, 1.54) is 21.3 Å². The molecule has 0 radical (unpaired) electrons. The third-order valence-electron chi connectivity index (χ3n) is 5.62. The summed E-state index contributed by atoms with van der Waals surface area (Å²) in [7, 11) is -2.11. The van der Waals surface area contributed by atoms with Crippen molar-refractivity contribution in [2.24, 2.45) is 0 Å². The first-order valence-corrected chi connectivity index (χ1v) is 11.8. The number of piperidine rings is 1. The van der Waals surface area contributed by atoms with Crippen molar-refractivity contribution < 1.29 is 22.7 Å². The highest BCUT2D eigenvalue weighted by Gasteiger charge is 2.31. The van der Waals surface area contributed by atoms with Crippen molar-refractivity contribution in [3.05, 3.63) is 59.7 Å². The number of benzene rings is 2. The smallest absolute Gasteiger partial charge is 0.338 e. The molecule has 2 aromatic rings. The Bertz CT molecular complexity index is 1050. The molecule has 0 N–H and O–H groups in total. The normalized spacial score (nSPS) is 17.2. The zero-order chi connectivity index (χ0) is 22.6. The highest BCUT2D eigenvalue weighted by molar-refractivity contribution is 7.89. The number of sulfonamides is 1. The van der Waals surface area contributed by atoms with Crippen LogP contribution in [0.5, 0.6) is 0 Å². The first kappa shape index (κ1) is 23.0. The Hall–Kier alpha value is -2.71. The maximum absolute atomic E-state index is 13.1. The van der Waals surface area contributed by atoms with Crippen LogP contribution in [0.3, 0.4) is 0 Å². The topological polar surface area (TPSA) is 84.0 Å². The van der Waals surface area contributed by atoms with Crippen molar-refractivity contribution in [3.63, 3.8) is 0 Å². The minimum absolute atomic E-state index is 0.0616. The van der Waals surface area contributed by atoms with Gasteiger partial charge < -0.3 is 9.64 Å². The van der Waals surface area contributed by atoms with Crippen molar-refractivity contribution in [2.75, 3.05) is 25.1 Å². The Morgan fingerprint density at radius 2 is 1.84 bits per heavy atom. The van der Waals surface area contributed by atoms with Crippen LogP contribution in [-0.4, -0.2) is 50.8 Å². The molecular weight excluding hydrogens is 416 g/mol. The van der Waals surface area contributed by atoms with Crippen molar-refractivity contribution in [2.45, 2.75) is 44.0 Å². The molecule has 1 amide bonds. The van der Waals surface area contributed by atoms with E-state index < -0.39 is 22.6 Å². The number of amides is 1. The average Bonchev–Trinajstić information content (AvgIpc) is 2.77. The summed E-state index contributed by atoms with van der Waals surface area (Å²) >= 11 is 0. The molecule has 1 heterocycles. The molecule has 8 heteroatoms. The molecule has 2 aromatic carbocycles. The number of ether oxygens (including phenoxy) is 1. The fourth-order valence-corrected chi connectivity index (χ4v) is 5.37. The number of carbonyl (C=O) groups excluding carboxylic acids is 2. The van der Waals surface area contributed by atoms with Gasteiger partial charge in [-0.3, -0.25) is 4.79 Å². The summed E-state index contributed by atoms with van der Waals surface area (Å²) in [5.41, 5.74) is 1.41. The maximum Gasteiger partial charge on any atom is 0.338 e. The second-order valence-corrected chi connectivity index (χ2v) is 9.69. The number of para-hydroxylation sites is 1.